The standard InChI is InChI=1S/C16H23ClN2O2/c1-4-11(2)14-16(20)19(8-9-21-3)15(18-14)12-6-5-7-13(17)10-12/h5-7,10-11,14-15,18H,4,8-9H2,1-3H3. The molecule has 1 heterocycles. The quantitative estimate of drug-likeness (QED) is 0.878. The molecule has 0 saturated carbocycles. The average Bonchev–Trinajstić information content (AvgIpc) is 2.81. The van der Waals surface area contributed by atoms with E-state index >= 15 is 0 Å². The summed E-state index contributed by atoms with van der Waals surface area (Å²) in [6, 6.07) is 7.51. The fourth-order valence-electron chi connectivity index (χ4n) is 2.66. The van der Waals surface area contributed by atoms with Gasteiger partial charge in [0.25, 0.3) is 0 Å². The van der Waals surface area contributed by atoms with Gasteiger partial charge in [-0.2, -0.15) is 0 Å². The van der Waals surface area contributed by atoms with Gasteiger partial charge in [-0.3, -0.25) is 10.1 Å². The number of nitrogens with one attached hydrogen (secondary N) is 1. The van der Waals surface area contributed by atoms with Crippen molar-refractivity contribution in [1.82, 2.24) is 10.2 Å². The van der Waals surface area contributed by atoms with Crippen LogP contribution in [0.3, 0.4) is 0 Å². The van der Waals surface area contributed by atoms with Crippen LogP contribution in [0.2, 0.25) is 5.02 Å². The van der Waals surface area contributed by atoms with Gasteiger partial charge in [-0.25, -0.2) is 0 Å². The van der Waals surface area contributed by atoms with E-state index in [1.165, 1.54) is 0 Å². The van der Waals surface area contributed by atoms with Crippen LogP contribution in [0.15, 0.2) is 24.3 Å². The lowest BCUT2D eigenvalue weighted by molar-refractivity contribution is -0.131. The van der Waals surface area contributed by atoms with Crippen molar-refractivity contribution in [1.29, 1.82) is 0 Å². The Kier molecular flexibility index (Phi) is 5.62. The maximum absolute atomic E-state index is 12.7. The summed E-state index contributed by atoms with van der Waals surface area (Å²) >= 11 is 6.08. The molecule has 0 spiro atoms. The fraction of sp³-hybridized carbons (Fsp3) is 0.562. The molecule has 1 amide bonds. The van der Waals surface area contributed by atoms with Gasteiger partial charge >= 0.3 is 0 Å². The molecule has 3 atom stereocenters. The number of nitrogens with zero attached hydrogens (tertiary/aromatic N) is 1. The van der Waals surface area contributed by atoms with Crippen molar-refractivity contribution in [3.05, 3.63) is 34.9 Å². The monoisotopic (exact) mass is 310 g/mol. The first-order valence-corrected chi connectivity index (χ1v) is 7.77. The summed E-state index contributed by atoms with van der Waals surface area (Å²) < 4.78 is 5.13. The highest BCUT2D eigenvalue weighted by Gasteiger charge is 2.41. The minimum Gasteiger partial charge on any atom is -0.383 e. The van der Waals surface area contributed by atoms with Crippen LogP contribution in [0, 0.1) is 5.92 Å². The van der Waals surface area contributed by atoms with E-state index in [1.54, 1.807) is 7.11 Å². The highest BCUT2D eigenvalue weighted by molar-refractivity contribution is 6.30. The molecule has 1 aliphatic rings. The average molecular weight is 311 g/mol. The molecule has 1 aliphatic heterocycles. The van der Waals surface area contributed by atoms with Gasteiger partial charge < -0.3 is 9.64 Å². The minimum absolute atomic E-state index is 0.134. The highest BCUT2D eigenvalue weighted by atomic mass is 35.5. The van der Waals surface area contributed by atoms with Crippen molar-refractivity contribution in [3.8, 4) is 0 Å². The van der Waals surface area contributed by atoms with Gasteiger partial charge in [0.15, 0.2) is 0 Å². The Balaban J connectivity index is 2.26. The maximum atomic E-state index is 12.7. The Bertz CT molecular complexity index is 495. The molecule has 116 valence electrons. The van der Waals surface area contributed by atoms with Crippen LogP contribution in [0.1, 0.15) is 32.0 Å². The second-order valence-corrected chi connectivity index (χ2v) is 5.95. The van der Waals surface area contributed by atoms with Crippen LogP contribution in [0.25, 0.3) is 0 Å². The van der Waals surface area contributed by atoms with Crippen molar-refractivity contribution in [2.45, 2.75) is 32.5 Å². The third kappa shape index (κ3) is 3.57. The van der Waals surface area contributed by atoms with E-state index in [1.807, 2.05) is 29.2 Å². The fourth-order valence-corrected chi connectivity index (χ4v) is 2.86. The molecule has 0 radical (unpaired) electrons. The van der Waals surface area contributed by atoms with Gasteiger partial charge in [0.05, 0.1) is 12.6 Å². The van der Waals surface area contributed by atoms with E-state index in [9.17, 15) is 4.79 Å². The molecule has 1 N–H and O–H groups in total. The van der Waals surface area contributed by atoms with Crippen LogP contribution >= 0.6 is 11.6 Å². The summed E-state index contributed by atoms with van der Waals surface area (Å²) in [6.45, 7) is 5.31. The summed E-state index contributed by atoms with van der Waals surface area (Å²) in [7, 11) is 1.65. The zero-order valence-electron chi connectivity index (χ0n) is 12.8. The molecule has 4 nitrogen and oxygen atoms in total. The number of hydrogen-bond donors (Lipinski definition) is 1. The molecule has 1 fully saturated rings. The number of methoxy groups -OCH3 is 1. The Labute approximate surface area is 131 Å². The van der Waals surface area contributed by atoms with Gasteiger partial charge in [0, 0.05) is 18.7 Å². The first-order chi connectivity index (χ1) is 10.1. The topological polar surface area (TPSA) is 41.6 Å². The number of carbonyl (C=O) groups is 1. The zero-order chi connectivity index (χ0) is 15.4. The molecular weight excluding hydrogens is 288 g/mol. The van der Waals surface area contributed by atoms with Gasteiger partial charge in [-0.1, -0.05) is 44.0 Å². The van der Waals surface area contributed by atoms with Crippen LogP contribution in [0.5, 0.6) is 0 Å². The first kappa shape index (κ1) is 16.3. The lowest BCUT2D eigenvalue weighted by atomic mass is 9.99. The van der Waals surface area contributed by atoms with Crippen LogP contribution in [-0.2, 0) is 9.53 Å². The number of rotatable bonds is 6. The maximum Gasteiger partial charge on any atom is 0.241 e. The van der Waals surface area contributed by atoms with Gasteiger partial charge in [-0.15, -0.1) is 0 Å². The van der Waals surface area contributed by atoms with Crippen molar-refractivity contribution in [2.75, 3.05) is 20.3 Å². The summed E-state index contributed by atoms with van der Waals surface area (Å²) in [4.78, 5) is 14.5. The van der Waals surface area contributed by atoms with Crippen LogP contribution in [0.4, 0.5) is 0 Å². The van der Waals surface area contributed by atoms with Crippen molar-refractivity contribution >= 4 is 17.5 Å². The van der Waals surface area contributed by atoms with E-state index in [2.05, 4.69) is 19.2 Å². The summed E-state index contributed by atoms with van der Waals surface area (Å²) in [5.41, 5.74) is 1.01. The molecule has 1 aromatic rings. The highest BCUT2D eigenvalue weighted by Crippen LogP contribution is 2.29. The molecule has 0 aliphatic carbocycles. The Morgan fingerprint density at radius 1 is 1.48 bits per heavy atom. The summed E-state index contributed by atoms with van der Waals surface area (Å²) in [5.74, 6) is 0.443. The number of amides is 1. The summed E-state index contributed by atoms with van der Waals surface area (Å²) in [5, 5.41) is 4.14. The zero-order valence-corrected chi connectivity index (χ0v) is 13.6. The van der Waals surface area contributed by atoms with Gasteiger partial charge in [0.1, 0.15) is 6.17 Å². The minimum atomic E-state index is -0.143. The molecule has 1 aromatic carbocycles. The Morgan fingerprint density at radius 2 is 2.24 bits per heavy atom. The number of ether oxygens (including phenoxy) is 1. The van der Waals surface area contributed by atoms with Gasteiger partial charge in [0.2, 0.25) is 5.91 Å². The molecule has 3 unspecified atom stereocenters. The summed E-state index contributed by atoms with van der Waals surface area (Å²) in [6.07, 6.45) is 0.828. The first-order valence-electron chi connectivity index (χ1n) is 7.39. The van der Waals surface area contributed by atoms with E-state index in [0.29, 0.717) is 24.1 Å². The third-order valence-corrected chi connectivity index (χ3v) is 4.35. The number of hydrogen-bond acceptors (Lipinski definition) is 3. The lowest BCUT2D eigenvalue weighted by Gasteiger charge is -2.24. The van der Waals surface area contributed by atoms with E-state index in [-0.39, 0.29) is 18.1 Å². The number of halogens is 1. The van der Waals surface area contributed by atoms with E-state index < -0.39 is 0 Å². The Hall–Kier alpha value is -1.10. The third-order valence-electron chi connectivity index (χ3n) is 4.11. The van der Waals surface area contributed by atoms with E-state index in [0.717, 1.165) is 12.0 Å². The van der Waals surface area contributed by atoms with Crippen molar-refractivity contribution in [3.63, 3.8) is 0 Å². The second-order valence-electron chi connectivity index (χ2n) is 5.51. The predicted molar refractivity (Wildman–Crippen MR) is 84.2 cm³/mol. The molecule has 1 saturated heterocycles. The largest absolute Gasteiger partial charge is 0.383 e. The smallest absolute Gasteiger partial charge is 0.241 e. The van der Waals surface area contributed by atoms with Gasteiger partial charge in [-0.05, 0) is 23.6 Å². The molecule has 0 aromatic heterocycles. The SMILES string of the molecule is CCC(C)C1NC(c2cccc(Cl)c2)N(CCOC)C1=O. The van der Waals surface area contributed by atoms with Crippen LogP contribution in [-0.4, -0.2) is 37.1 Å². The normalized spacial score (nSPS) is 23.6. The van der Waals surface area contributed by atoms with E-state index in [4.69, 9.17) is 16.3 Å². The van der Waals surface area contributed by atoms with Crippen molar-refractivity contribution < 1.29 is 9.53 Å². The molecular formula is C16H23ClN2O2. The number of benzene rings is 1. The molecule has 5 heteroatoms. The predicted octanol–water partition coefficient (Wildman–Crippen LogP) is 2.83. The second kappa shape index (κ2) is 7.25. The van der Waals surface area contributed by atoms with Crippen LogP contribution < -0.4 is 5.32 Å². The Morgan fingerprint density at radius 3 is 2.86 bits per heavy atom. The molecule has 0 bridgehead atoms. The van der Waals surface area contributed by atoms with Crippen molar-refractivity contribution in [2.24, 2.45) is 5.92 Å². The number of carbonyl (C=O) groups excluding carboxylic acids is 1. The molecule has 2 rings (SSSR count). The lowest BCUT2D eigenvalue weighted by Crippen LogP contribution is -2.36. The molecule has 21 heavy (non-hydrogen) atoms.